The zero-order valence-corrected chi connectivity index (χ0v) is 15.7. The van der Waals surface area contributed by atoms with Crippen LogP contribution in [0, 0.1) is 11.8 Å². The summed E-state index contributed by atoms with van der Waals surface area (Å²) in [6.45, 7) is 4.36. The summed E-state index contributed by atoms with van der Waals surface area (Å²) in [5.74, 6) is -0.00841. The predicted molar refractivity (Wildman–Crippen MR) is 93.9 cm³/mol. The van der Waals surface area contributed by atoms with Crippen LogP contribution in [0.4, 0.5) is 0 Å². The van der Waals surface area contributed by atoms with E-state index in [9.17, 15) is 13.2 Å². The molecule has 2 aliphatic carbocycles. The zero-order chi connectivity index (χ0) is 16.3. The van der Waals surface area contributed by atoms with Crippen molar-refractivity contribution >= 4 is 28.3 Å². The molecule has 136 valence electrons. The topological polar surface area (TPSA) is 92.5 Å². The standard InChI is InChI=1S/C15H29N3O3S.ClH/c1-3-18(4-2)22(20,21)10-14(19)17-15-11-6-5-7-12(15)9-13(16)8-11;/h11-13,15H,3-10,16H2,1-2H3,(H,17,19);1H. The molecule has 2 aliphatic rings. The molecule has 2 saturated carbocycles. The molecule has 0 aromatic carbocycles. The van der Waals surface area contributed by atoms with Crippen molar-refractivity contribution in [3.05, 3.63) is 0 Å². The molecule has 8 heteroatoms. The van der Waals surface area contributed by atoms with Gasteiger partial charge in [-0.05, 0) is 37.5 Å². The smallest absolute Gasteiger partial charge is 0.236 e. The van der Waals surface area contributed by atoms with Gasteiger partial charge in [0.2, 0.25) is 15.9 Å². The van der Waals surface area contributed by atoms with Crippen molar-refractivity contribution in [3.63, 3.8) is 0 Å². The average molecular weight is 368 g/mol. The molecule has 3 N–H and O–H groups in total. The van der Waals surface area contributed by atoms with E-state index >= 15 is 0 Å². The van der Waals surface area contributed by atoms with E-state index in [0.717, 1.165) is 25.7 Å². The Bertz CT molecular complexity index is 482. The minimum absolute atomic E-state index is 0. The minimum atomic E-state index is -3.51. The van der Waals surface area contributed by atoms with Gasteiger partial charge >= 0.3 is 0 Å². The summed E-state index contributed by atoms with van der Waals surface area (Å²) in [5.41, 5.74) is 6.08. The van der Waals surface area contributed by atoms with Crippen LogP contribution in [-0.2, 0) is 14.8 Å². The van der Waals surface area contributed by atoms with Gasteiger partial charge in [-0.3, -0.25) is 4.79 Å². The van der Waals surface area contributed by atoms with Crippen LogP contribution in [0.3, 0.4) is 0 Å². The molecule has 0 saturated heterocycles. The Hall–Kier alpha value is -0.370. The van der Waals surface area contributed by atoms with Crippen LogP contribution in [0.25, 0.3) is 0 Å². The van der Waals surface area contributed by atoms with Gasteiger partial charge in [-0.1, -0.05) is 20.3 Å². The molecular formula is C15H30ClN3O3S. The number of rotatable bonds is 6. The molecule has 2 rings (SSSR count). The Morgan fingerprint density at radius 2 is 1.70 bits per heavy atom. The maximum Gasteiger partial charge on any atom is 0.236 e. The summed E-state index contributed by atoms with van der Waals surface area (Å²) < 4.78 is 25.7. The monoisotopic (exact) mass is 367 g/mol. The van der Waals surface area contributed by atoms with Gasteiger partial charge in [0.15, 0.2) is 0 Å². The molecule has 2 fully saturated rings. The fourth-order valence-electron chi connectivity index (χ4n) is 4.13. The van der Waals surface area contributed by atoms with Crippen molar-refractivity contribution in [2.45, 2.75) is 58.0 Å². The summed E-state index contributed by atoms with van der Waals surface area (Å²) in [4.78, 5) is 12.2. The first kappa shape index (κ1) is 20.7. The number of fused-ring (bicyclic) bond motifs is 2. The van der Waals surface area contributed by atoms with Crippen molar-refractivity contribution < 1.29 is 13.2 Å². The normalized spacial score (nSPS) is 30.6. The summed E-state index contributed by atoms with van der Waals surface area (Å²) in [6, 6.07) is 0.329. The Labute approximate surface area is 146 Å². The van der Waals surface area contributed by atoms with Crippen molar-refractivity contribution in [1.29, 1.82) is 0 Å². The number of carbonyl (C=O) groups is 1. The second kappa shape index (κ2) is 8.65. The number of amides is 1. The lowest BCUT2D eigenvalue weighted by Crippen LogP contribution is -2.55. The molecule has 0 radical (unpaired) electrons. The summed E-state index contributed by atoms with van der Waals surface area (Å²) >= 11 is 0. The third kappa shape index (κ3) is 5.05. The highest BCUT2D eigenvalue weighted by Gasteiger charge is 2.40. The van der Waals surface area contributed by atoms with E-state index in [1.165, 1.54) is 10.7 Å². The second-order valence-corrected chi connectivity index (χ2v) is 8.59. The summed E-state index contributed by atoms with van der Waals surface area (Å²) in [7, 11) is -3.51. The van der Waals surface area contributed by atoms with E-state index < -0.39 is 15.8 Å². The number of nitrogens with zero attached hydrogens (tertiary/aromatic N) is 1. The lowest BCUT2D eigenvalue weighted by molar-refractivity contribution is -0.121. The first-order valence-corrected chi connectivity index (χ1v) is 10.0. The van der Waals surface area contributed by atoms with Crippen LogP contribution < -0.4 is 11.1 Å². The highest BCUT2D eigenvalue weighted by molar-refractivity contribution is 7.89. The van der Waals surface area contributed by atoms with Gasteiger partial charge < -0.3 is 11.1 Å². The molecule has 0 spiro atoms. The van der Waals surface area contributed by atoms with Crippen molar-refractivity contribution in [3.8, 4) is 0 Å². The molecule has 2 unspecified atom stereocenters. The minimum Gasteiger partial charge on any atom is -0.352 e. The van der Waals surface area contributed by atoms with Gasteiger partial charge in [0.05, 0.1) is 0 Å². The summed E-state index contributed by atoms with van der Waals surface area (Å²) in [6.07, 6.45) is 5.22. The number of nitrogens with one attached hydrogen (secondary N) is 1. The maximum atomic E-state index is 12.2. The van der Waals surface area contributed by atoms with Crippen LogP contribution in [0.2, 0.25) is 0 Å². The highest BCUT2D eigenvalue weighted by atomic mass is 35.5. The summed E-state index contributed by atoms with van der Waals surface area (Å²) in [5, 5.41) is 3.00. The van der Waals surface area contributed by atoms with Crippen molar-refractivity contribution in [1.82, 2.24) is 9.62 Å². The Morgan fingerprint density at radius 3 is 2.17 bits per heavy atom. The molecule has 2 bridgehead atoms. The van der Waals surface area contributed by atoms with Crippen LogP contribution in [0.1, 0.15) is 46.0 Å². The average Bonchev–Trinajstić information content (AvgIpc) is 2.40. The van der Waals surface area contributed by atoms with E-state index in [0.29, 0.717) is 24.9 Å². The molecule has 2 atom stereocenters. The molecule has 6 nitrogen and oxygen atoms in total. The predicted octanol–water partition coefficient (Wildman–Crippen LogP) is 1.10. The molecule has 0 aromatic heterocycles. The Kier molecular flexibility index (Phi) is 7.77. The largest absolute Gasteiger partial charge is 0.352 e. The molecular weight excluding hydrogens is 338 g/mol. The lowest BCUT2D eigenvalue weighted by Gasteiger charge is -2.45. The molecule has 23 heavy (non-hydrogen) atoms. The third-order valence-corrected chi connectivity index (χ3v) is 7.05. The van der Waals surface area contributed by atoms with Crippen LogP contribution in [0.15, 0.2) is 0 Å². The third-order valence-electron chi connectivity index (χ3n) is 5.12. The van der Waals surface area contributed by atoms with Crippen LogP contribution in [0.5, 0.6) is 0 Å². The van der Waals surface area contributed by atoms with E-state index in [2.05, 4.69) is 5.32 Å². The number of halogens is 1. The van der Waals surface area contributed by atoms with Crippen molar-refractivity contribution in [2.75, 3.05) is 18.8 Å². The maximum absolute atomic E-state index is 12.2. The fourth-order valence-corrected chi connectivity index (χ4v) is 5.51. The van der Waals surface area contributed by atoms with Crippen LogP contribution >= 0.6 is 12.4 Å². The van der Waals surface area contributed by atoms with Crippen LogP contribution in [-0.4, -0.2) is 49.6 Å². The number of carbonyl (C=O) groups excluding carboxylic acids is 1. The molecule has 0 aliphatic heterocycles. The van der Waals surface area contributed by atoms with Gasteiger partial charge in [-0.2, -0.15) is 0 Å². The zero-order valence-electron chi connectivity index (χ0n) is 14.0. The molecule has 0 aromatic rings. The number of nitrogens with two attached hydrogens (primary N) is 1. The van der Waals surface area contributed by atoms with E-state index in [-0.39, 0.29) is 30.4 Å². The van der Waals surface area contributed by atoms with Gasteiger partial charge in [0, 0.05) is 25.2 Å². The fraction of sp³-hybridized carbons (Fsp3) is 0.933. The molecule has 1 amide bonds. The van der Waals surface area contributed by atoms with Gasteiger partial charge in [-0.25, -0.2) is 12.7 Å². The number of hydrogen-bond donors (Lipinski definition) is 2. The Balaban J connectivity index is 0.00000264. The van der Waals surface area contributed by atoms with Gasteiger partial charge in [0.1, 0.15) is 5.75 Å². The number of hydrogen-bond acceptors (Lipinski definition) is 4. The first-order valence-electron chi connectivity index (χ1n) is 8.40. The van der Waals surface area contributed by atoms with Crippen molar-refractivity contribution in [2.24, 2.45) is 17.6 Å². The molecule has 0 heterocycles. The highest BCUT2D eigenvalue weighted by Crippen LogP contribution is 2.39. The van der Waals surface area contributed by atoms with E-state index in [4.69, 9.17) is 5.73 Å². The van der Waals surface area contributed by atoms with Gasteiger partial charge in [0.25, 0.3) is 0 Å². The lowest BCUT2D eigenvalue weighted by atomic mass is 9.67. The quantitative estimate of drug-likeness (QED) is 0.735. The Morgan fingerprint density at radius 1 is 1.17 bits per heavy atom. The van der Waals surface area contributed by atoms with Gasteiger partial charge in [-0.15, -0.1) is 12.4 Å². The second-order valence-electron chi connectivity index (χ2n) is 6.62. The van der Waals surface area contributed by atoms with E-state index in [1.54, 1.807) is 13.8 Å². The SMILES string of the molecule is CCN(CC)S(=O)(=O)CC(=O)NC1C2CCCC1CC(N)C2.Cl. The number of sulfonamides is 1. The first-order chi connectivity index (χ1) is 10.4. The van der Waals surface area contributed by atoms with E-state index in [1.807, 2.05) is 0 Å².